The summed E-state index contributed by atoms with van der Waals surface area (Å²) >= 11 is 0. The Balaban J connectivity index is 1.24. The van der Waals surface area contributed by atoms with Gasteiger partial charge in [0.2, 0.25) is 0 Å². The molecule has 0 saturated carbocycles. The van der Waals surface area contributed by atoms with Crippen molar-refractivity contribution >= 4 is 76.8 Å². The number of piperidine rings is 2. The maximum Gasteiger partial charge on any atom is 0.178 e. The first-order valence-corrected chi connectivity index (χ1v) is 16.3. The number of furan rings is 2. The molecule has 0 spiro atoms. The first kappa shape index (κ1) is 25.3. The molecule has 0 unspecified atom stereocenters. The van der Waals surface area contributed by atoms with Gasteiger partial charge in [0.1, 0.15) is 11.2 Å². The first-order chi connectivity index (χ1) is 21.1. The van der Waals surface area contributed by atoms with E-state index in [0.29, 0.717) is 5.92 Å². The molecule has 2 saturated heterocycles. The molecule has 4 heteroatoms. The summed E-state index contributed by atoms with van der Waals surface area (Å²) in [6, 6.07) is 25.3. The van der Waals surface area contributed by atoms with Crippen LogP contribution >= 0.6 is 0 Å². The van der Waals surface area contributed by atoms with Crippen molar-refractivity contribution in [3.05, 3.63) is 72.3 Å². The van der Waals surface area contributed by atoms with E-state index in [2.05, 4.69) is 90.4 Å². The highest BCUT2D eigenvalue weighted by atomic mass is 16.4. The second-order valence-corrected chi connectivity index (χ2v) is 13.3. The van der Waals surface area contributed by atoms with Crippen molar-refractivity contribution in [3.63, 3.8) is 0 Å². The molecule has 9 rings (SSSR count). The molecule has 5 aromatic carbocycles. The summed E-state index contributed by atoms with van der Waals surface area (Å²) in [5, 5.41) is 9.64. The van der Waals surface area contributed by atoms with Gasteiger partial charge in [0, 0.05) is 59.1 Å². The van der Waals surface area contributed by atoms with Gasteiger partial charge in [-0.05, 0) is 126 Å². The number of fused-ring (bicyclic) bond motifs is 9. The Morgan fingerprint density at radius 2 is 1.05 bits per heavy atom. The lowest BCUT2D eigenvalue weighted by molar-refractivity contribution is 0.578. The fourth-order valence-electron chi connectivity index (χ4n) is 7.81. The van der Waals surface area contributed by atoms with E-state index in [0.717, 1.165) is 59.3 Å². The second-order valence-electron chi connectivity index (χ2n) is 13.3. The van der Waals surface area contributed by atoms with E-state index in [-0.39, 0.29) is 0 Å². The third-order valence-corrected chi connectivity index (χ3v) is 10.2. The zero-order chi connectivity index (χ0) is 28.7. The Bertz CT molecular complexity index is 2190. The predicted molar refractivity (Wildman–Crippen MR) is 182 cm³/mol. The van der Waals surface area contributed by atoms with E-state index >= 15 is 0 Å². The monoisotopic (exact) mass is 566 g/mol. The standard InChI is InChI=1S/C39H38N2O2/c1-24(2)31-23-33-32-19-25-9-11-29(40-13-5-3-6-14-40)17-27(25)21-35(32)42-38(33)39-37(31)34-20-26-10-12-30(41-15-7-4-8-16-41)18-28(26)22-36(34)43-39/h9-12,17-24H,3-8,13-16H2,1-2H3. The quantitative estimate of drug-likeness (QED) is 0.213. The summed E-state index contributed by atoms with van der Waals surface area (Å²) in [4.78, 5) is 5.05. The van der Waals surface area contributed by atoms with Gasteiger partial charge >= 0.3 is 0 Å². The van der Waals surface area contributed by atoms with Crippen molar-refractivity contribution in [1.29, 1.82) is 0 Å². The number of rotatable bonds is 3. The SMILES string of the molecule is CC(C)c1cc2c3cc4ccc(N5CCCCC5)cc4cc3oc2c2oc3cc4cc(N5CCCCC5)ccc4cc3c12. The van der Waals surface area contributed by atoms with Gasteiger partial charge in [0.25, 0.3) is 0 Å². The lowest BCUT2D eigenvalue weighted by Gasteiger charge is -2.29. The molecular weight excluding hydrogens is 528 g/mol. The Hall–Kier alpha value is -4.18. The lowest BCUT2D eigenvalue weighted by atomic mass is 9.94. The molecule has 2 aliphatic heterocycles. The molecule has 2 aromatic heterocycles. The van der Waals surface area contributed by atoms with Gasteiger partial charge in [0.15, 0.2) is 11.2 Å². The van der Waals surface area contributed by atoms with Gasteiger partial charge in [-0.25, -0.2) is 0 Å². The van der Waals surface area contributed by atoms with Crippen LogP contribution in [0.3, 0.4) is 0 Å². The zero-order valence-corrected chi connectivity index (χ0v) is 25.2. The van der Waals surface area contributed by atoms with E-state index in [1.807, 2.05) is 0 Å². The highest BCUT2D eigenvalue weighted by molar-refractivity contribution is 6.22. The molecule has 0 amide bonds. The lowest BCUT2D eigenvalue weighted by Crippen LogP contribution is -2.29. The first-order valence-electron chi connectivity index (χ1n) is 16.3. The molecule has 0 bridgehead atoms. The molecule has 4 nitrogen and oxygen atoms in total. The number of hydrogen-bond donors (Lipinski definition) is 0. The Morgan fingerprint density at radius 1 is 0.512 bits per heavy atom. The third-order valence-electron chi connectivity index (χ3n) is 10.2. The summed E-state index contributed by atoms with van der Waals surface area (Å²) in [6.07, 6.45) is 7.80. The van der Waals surface area contributed by atoms with E-state index in [1.165, 1.54) is 87.8 Å². The average Bonchev–Trinajstić information content (AvgIpc) is 3.60. The molecule has 0 radical (unpaired) electrons. The summed E-state index contributed by atoms with van der Waals surface area (Å²) in [6.45, 7) is 9.16. The van der Waals surface area contributed by atoms with Crippen LogP contribution in [0.2, 0.25) is 0 Å². The largest absolute Gasteiger partial charge is 0.452 e. The summed E-state index contributed by atoms with van der Waals surface area (Å²) in [5.41, 5.74) is 7.54. The van der Waals surface area contributed by atoms with Gasteiger partial charge < -0.3 is 18.6 Å². The fraction of sp³-hybridized carbons (Fsp3) is 0.333. The van der Waals surface area contributed by atoms with Crippen LogP contribution in [0.1, 0.15) is 63.9 Å². The van der Waals surface area contributed by atoms with Gasteiger partial charge in [0.05, 0.1) is 0 Å². The Morgan fingerprint density at radius 3 is 1.63 bits per heavy atom. The van der Waals surface area contributed by atoms with Crippen LogP contribution in [0.5, 0.6) is 0 Å². The second kappa shape index (κ2) is 9.67. The zero-order valence-electron chi connectivity index (χ0n) is 25.2. The van der Waals surface area contributed by atoms with Crippen LogP contribution in [-0.4, -0.2) is 26.2 Å². The maximum atomic E-state index is 6.76. The number of hydrogen-bond acceptors (Lipinski definition) is 4. The topological polar surface area (TPSA) is 32.8 Å². The average molecular weight is 567 g/mol. The minimum atomic E-state index is 0.349. The summed E-state index contributed by atoms with van der Waals surface area (Å²) in [5.74, 6) is 0.349. The molecule has 7 aromatic rings. The van der Waals surface area contributed by atoms with Crippen LogP contribution in [0.4, 0.5) is 11.4 Å². The predicted octanol–water partition coefficient (Wildman–Crippen LogP) is 10.9. The molecule has 216 valence electrons. The van der Waals surface area contributed by atoms with Gasteiger partial charge in [-0.2, -0.15) is 0 Å². The molecule has 0 aliphatic carbocycles. The van der Waals surface area contributed by atoms with Gasteiger partial charge in [-0.15, -0.1) is 0 Å². The molecule has 0 N–H and O–H groups in total. The Kier molecular flexibility index (Phi) is 5.70. The number of benzene rings is 5. The maximum absolute atomic E-state index is 6.76. The van der Waals surface area contributed by atoms with E-state index < -0.39 is 0 Å². The molecule has 43 heavy (non-hydrogen) atoms. The fourth-order valence-corrected chi connectivity index (χ4v) is 7.81. The van der Waals surface area contributed by atoms with Crippen molar-refractivity contribution in [2.75, 3.05) is 36.0 Å². The van der Waals surface area contributed by atoms with Crippen molar-refractivity contribution in [3.8, 4) is 0 Å². The number of nitrogens with zero attached hydrogens (tertiary/aromatic N) is 2. The van der Waals surface area contributed by atoms with Crippen LogP contribution in [-0.2, 0) is 0 Å². The summed E-state index contributed by atoms with van der Waals surface area (Å²) < 4.78 is 13.5. The molecular formula is C39H38N2O2. The minimum Gasteiger partial charge on any atom is -0.452 e. The van der Waals surface area contributed by atoms with Crippen LogP contribution in [0.15, 0.2) is 75.6 Å². The summed E-state index contributed by atoms with van der Waals surface area (Å²) in [7, 11) is 0. The van der Waals surface area contributed by atoms with Crippen molar-refractivity contribution in [1.82, 2.24) is 0 Å². The van der Waals surface area contributed by atoms with Crippen molar-refractivity contribution < 1.29 is 8.83 Å². The molecule has 2 fully saturated rings. The highest BCUT2D eigenvalue weighted by Gasteiger charge is 2.22. The smallest absolute Gasteiger partial charge is 0.178 e. The molecule has 4 heterocycles. The van der Waals surface area contributed by atoms with Gasteiger partial charge in [-0.3, -0.25) is 0 Å². The highest BCUT2D eigenvalue weighted by Crippen LogP contribution is 2.44. The molecule has 0 atom stereocenters. The van der Waals surface area contributed by atoms with Crippen LogP contribution in [0.25, 0.3) is 65.4 Å². The van der Waals surface area contributed by atoms with Crippen molar-refractivity contribution in [2.24, 2.45) is 0 Å². The van der Waals surface area contributed by atoms with Crippen molar-refractivity contribution in [2.45, 2.75) is 58.3 Å². The van der Waals surface area contributed by atoms with E-state index in [4.69, 9.17) is 8.83 Å². The van der Waals surface area contributed by atoms with E-state index in [9.17, 15) is 0 Å². The Labute approximate surface area is 251 Å². The minimum absolute atomic E-state index is 0.349. The number of anilines is 2. The normalized spacial score (nSPS) is 16.7. The van der Waals surface area contributed by atoms with Crippen LogP contribution < -0.4 is 9.80 Å². The molecule has 2 aliphatic rings. The van der Waals surface area contributed by atoms with E-state index in [1.54, 1.807) is 0 Å². The van der Waals surface area contributed by atoms with Gasteiger partial charge in [-0.1, -0.05) is 26.0 Å². The third kappa shape index (κ3) is 4.02. The van der Waals surface area contributed by atoms with Crippen LogP contribution in [0, 0.1) is 0 Å².